The van der Waals surface area contributed by atoms with Crippen molar-refractivity contribution in [2.45, 2.75) is 19.0 Å². The lowest BCUT2D eigenvalue weighted by atomic mass is 10.4. The molecular formula is C5H11F2NSi. The highest BCUT2D eigenvalue weighted by molar-refractivity contribution is 6.67. The van der Waals surface area contributed by atoms with E-state index in [1.165, 1.54) is 0 Å². The third-order valence-corrected chi connectivity index (χ3v) is 3.98. The molecule has 1 rings (SSSR count). The largest absolute Gasteiger partial charge is 0.439 e. The summed E-state index contributed by atoms with van der Waals surface area (Å²) in [5.74, 6) is 0. The molecule has 54 valence electrons. The molecule has 0 spiro atoms. The van der Waals surface area contributed by atoms with E-state index < -0.39 is 8.74 Å². The lowest BCUT2D eigenvalue weighted by Gasteiger charge is -2.11. The lowest BCUT2D eigenvalue weighted by molar-refractivity contribution is 0.339. The fourth-order valence-electron chi connectivity index (χ4n) is 1.17. The van der Waals surface area contributed by atoms with Gasteiger partial charge in [-0.1, -0.05) is 0 Å². The summed E-state index contributed by atoms with van der Waals surface area (Å²) in [5.41, 5.74) is 0. The lowest BCUT2D eigenvalue weighted by Crippen LogP contribution is -2.27. The maximum atomic E-state index is 12.5. The van der Waals surface area contributed by atoms with E-state index in [0.717, 1.165) is 0 Å². The summed E-state index contributed by atoms with van der Waals surface area (Å²) in [6.45, 7) is 1.86. The van der Waals surface area contributed by atoms with Crippen LogP contribution in [0.2, 0.25) is 6.04 Å². The van der Waals surface area contributed by atoms with Gasteiger partial charge in [0, 0.05) is 18.3 Å². The zero-order valence-electron chi connectivity index (χ0n) is 5.69. The van der Waals surface area contributed by atoms with Crippen molar-refractivity contribution >= 4 is 8.74 Å². The smallest absolute Gasteiger partial charge is 0.301 e. The second-order valence-corrected chi connectivity index (χ2v) is 5.26. The first-order valence-corrected chi connectivity index (χ1v) is 5.26. The molecule has 0 radical (unpaired) electrons. The first kappa shape index (κ1) is 7.15. The van der Waals surface area contributed by atoms with Gasteiger partial charge in [-0.15, -0.1) is 0 Å². The van der Waals surface area contributed by atoms with Crippen molar-refractivity contribution < 1.29 is 8.22 Å². The van der Waals surface area contributed by atoms with Crippen LogP contribution in [0.25, 0.3) is 0 Å². The Morgan fingerprint density at radius 2 is 2.11 bits per heavy atom. The summed E-state index contributed by atoms with van der Waals surface area (Å²) >= 11 is 0. The van der Waals surface area contributed by atoms with Crippen molar-refractivity contribution in [2.24, 2.45) is 0 Å². The second kappa shape index (κ2) is 2.02. The van der Waals surface area contributed by atoms with Gasteiger partial charge in [-0.3, -0.25) is 8.22 Å². The van der Waals surface area contributed by atoms with E-state index in [1.807, 2.05) is 6.92 Å². The van der Waals surface area contributed by atoms with Crippen LogP contribution in [0.1, 0.15) is 6.92 Å². The van der Waals surface area contributed by atoms with Gasteiger partial charge in [-0.25, -0.2) is 0 Å². The molecule has 1 fully saturated rings. The number of halogens is 2. The Hall–Kier alpha value is 0.0369. The Morgan fingerprint density at radius 1 is 1.56 bits per heavy atom. The van der Waals surface area contributed by atoms with E-state index in [9.17, 15) is 8.22 Å². The number of hydrogen-bond donors (Lipinski definition) is 0. The van der Waals surface area contributed by atoms with Crippen LogP contribution in [0.4, 0.5) is 8.22 Å². The zero-order valence-corrected chi connectivity index (χ0v) is 6.69. The van der Waals surface area contributed by atoms with Gasteiger partial charge in [0.1, 0.15) is 0 Å². The van der Waals surface area contributed by atoms with Crippen LogP contribution < -0.4 is 0 Å². The van der Waals surface area contributed by atoms with Crippen LogP contribution in [-0.4, -0.2) is 32.9 Å². The molecule has 0 aromatic rings. The third kappa shape index (κ3) is 1.49. The molecule has 9 heavy (non-hydrogen) atoms. The molecule has 4 heteroatoms. The highest BCUT2D eigenvalue weighted by Crippen LogP contribution is 2.26. The van der Waals surface area contributed by atoms with Gasteiger partial charge < -0.3 is 4.90 Å². The fraction of sp³-hybridized carbons (Fsp3) is 1.00. The van der Waals surface area contributed by atoms with E-state index in [0.29, 0.717) is 0 Å². The van der Waals surface area contributed by atoms with Crippen molar-refractivity contribution in [1.29, 1.82) is 0 Å². The minimum absolute atomic E-state index is 0.0637. The molecule has 0 saturated carbocycles. The molecule has 0 aromatic carbocycles. The van der Waals surface area contributed by atoms with Crippen molar-refractivity contribution in [3.8, 4) is 0 Å². The molecule has 1 nitrogen and oxygen atoms in total. The molecule has 0 N–H and O–H groups in total. The van der Waals surface area contributed by atoms with E-state index in [2.05, 4.69) is 0 Å². The van der Waals surface area contributed by atoms with Gasteiger partial charge >= 0.3 is 8.74 Å². The quantitative estimate of drug-likeness (QED) is 0.372. The fourth-order valence-corrected chi connectivity index (χ4v) is 3.52. The highest BCUT2D eigenvalue weighted by atomic mass is 28.4. The van der Waals surface area contributed by atoms with Crippen LogP contribution in [0, 0.1) is 0 Å². The van der Waals surface area contributed by atoms with Gasteiger partial charge in [-0.2, -0.15) is 0 Å². The third-order valence-electron chi connectivity index (χ3n) is 1.83. The molecule has 0 bridgehead atoms. The monoisotopic (exact) mass is 151 g/mol. The van der Waals surface area contributed by atoms with Gasteiger partial charge in [0.05, 0.1) is 0 Å². The Balaban J connectivity index is 2.54. The van der Waals surface area contributed by atoms with E-state index in [4.69, 9.17) is 0 Å². The maximum absolute atomic E-state index is 12.5. The molecule has 1 saturated heterocycles. The summed E-state index contributed by atoms with van der Waals surface area (Å²) in [6.07, 6.45) is 0.0637. The minimum atomic E-state index is -3.74. The van der Waals surface area contributed by atoms with E-state index in [1.54, 1.807) is 11.9 Å². The average molecular weight is 151 g/mol. The first-order valence-electron chi connectivity index (χ1n) is 3.09. The molecule has 1 aliphatic rings. The topological polar surface area (TPSA) is 3.24 Å². The van der Waals surface area contributed by atoms with E-state index >= 15 is 0 Å². The summed E-state index contributed by atoms with van der Waals surface area (Å²) < 4.78 is 25.1. The summed E-state index contributed by atoms with van der Waals surface area (Å²) in [7, 11) is -1.98. The van der Waals surface area contributed by atoms with Crippen molar-refractivity contribution in [2.75, 3.05) is 13.2 Å². The van der Waals surface area contributed by atoms with Crippen molar-refractivity contribution in [3.05, 3.63) is 0 Å². The van der Waals surface area contributed by atoms with Gasteiger partial charge in [0.25, 0.3) is 0 Å². The number of hydrogen-bond acceptors (Lipinski definition) is 1. The zero-order chi connectivity index (χ0) is 7.07. The summed E-state index contributed by atoms with van der Waals surface area (Å²) in [4.78, 5) is 1.74. The molecule has 1 atom stereocenters. The Morgan fingerprint density at radius 3 is 2.22 bits per heavy atom. The van der Waals surface area contributed by atoms with Crippen molar-refractivity contribution in [3.63, 3.8) is 0 Å². The molecule has 0 aromatic heterocycles. The minimum Gasteiger partial charge on any atom is -0.301 e. The number of nitrogens with zero attached hydrogens (tertiary/aromatic N) is 1. The average Bonchev–Trinajstić information content (AvgIpc) is 1.79. The highest BCUT2D eigenvalue weighted by Gasteiger charge is 2.45. The molecule has 0 aliphatic carbocycles. The predicted octanol–water partition coefficient (Wildman–Crippen LogP) is 1.24. The Kier molecular flexibility index (Phi) is 1.60. The SMILES string of the molecule is CC1C[Si](F)(F)CN1C. The van der Waals surface area contributed by atoms with Crippen LogP contribution in [0.5, 0.6) is 0 Å². The molecule has 1 unspecified atom stereocenters. The molecular weight excluding hydrogens is 140 g/mol. The molecule has 0 amide bonds. The normalized spacial score (nSPS) is 35.3. The number of rotatable bonds is 0. The summed E-state index contributed by atoms with van der Waals surface area (Å²) in [5, 5.41) is 0. The Bertz CT molecular complexity index is 106. The predicted molar refractivity (Wildman–Crippen MR) is 34.9 cm³/mol. The standard InChI is InChI=1S/C5H11F2NSi/c1-5-3-9(6,7)4-8(5)2/h5H,3-4H2,1-2H3. The first-order chi connectivity index (χ1) is 4.01. The molecule has 1 aliphatic heterocycles. The Labute approximate surface area is 55.0 Å². The van der Waals surface area contributed by atoms with Gasteiger partial charge in [0.15, 0.2) is 0 Å². The summed E-state index contributed by atoms with van der Waals surface area (Å²) in [6, 6.07) is 0.260. The van der Waals surface area contributed by atoms with E-state index in [-0.39, 0.29) is 18.3 Å². The van der Waals surface area contributed by atoms with Gasteiger partial charge in [0.2, 0.25) is 0 Å². The van der Waals surface area contributed by atoms with Gasteiger partial charge in [-0.05, 0) is 14.0 Å². The van der Waals surface area contributed by atoms with Crippen LogP contribution in [0.3, 0.4) is 0 Å². The second-order valence-electron chi connectivity index (χ2n) is 2.82. The maximum Gasteiger partial charge on any atom is 0.439 e. The van der Waals surface area contributed by atoms with Crippen molar-refractivity contribution in [1.82, 2.24) is 4.90 Å². The van der Waals surface area contributed by atoms with Crippen LogP contribution in [0.15, 0.2) is 0 Å². The van der Waals surface area contributed by atoms with Crippen LogP contribution >= 0.6 is 0 Å². The molecule has 1 heterocycles. The van der Waals surface area contributed by atoms with Crippen LogP contribution in [-0.2, 0) is 0 Å².